The number of urea groups is 1. The SMILES string of the molecule is CCNC(=O)NC1(C)CCNCC1. The maximum atomic E-state index is 11.3. The molecule has 0 bridgehead atoms. The molecule has 0 unspecified atom stereocenters. The highest BCUT2D eigenvalue weighted by Gasteiger charge is 2.27. The average Bonchev–Trinajstić information content (AvgIpc) is 2.04. The molecule has 1 fully saturated rings. The summed E-state index contributed by atoms with van der Waals surface area (Å²) in [6.45, 7) is 6.68. The first-order valence-electron chi connectivity index (χ1n) is 4.93. The predicted octanol–water partition coefficient (Wildman–Crippen LogP) is 0.448. The van der Waals surface area contributed by atoms with Crippen molar-refractivity contribution >= 4 is 6.03 Å². The fourth-order valence-corrected chi connectivity index (χ4v) is 1.58. The number of rotatable bonds is 2. The molecule has 2 amide bonds. The summed E-state index contributed by atoms with van der Waals surface area (Å²) in [6, 6.07) is -0.0492. The Morgan fingerprint density at radius 2 is 2.08 bits per heavy atom. The molecule has 13 heavy (non-hydrogen) atoms. The second kappa shape index (κ2) is 4.46. The molecule has 76 valence electrons. The van der Waals surface area contributed by atoms with Crippen molar-refractivity contribution in [3.63, 3.8) is 0 Å². The lowest BCUT2D eigenvalue weighted by atomic mass is 9.91. The first-order valence-corrected chi connectivity index (χ1v) is 4.93. The Balaban J connectivity index is 2.36. The zero-order valence-electron chi connectivity index (χ0n) is 8.44. The van der Waals surface area contributed by atoms with Crippen LogP contribution in [-0.2, 0) is 0 Å². The van der Waals surface area contributed by atoms with Crippen molar-refractivity contribution < 1.29 is 4.79 Å². The molecule has 1 rings (SSSR count). The van der Waals surface area contributed by atoms with E-state index in [4.69, 9.17) is 0 Å². The normalized spacial score (nSPS) is 20.8. The van der Waals surface area contributed by atoms with E-state index in [9.17, 15) is 4.79 Å². The predicted molar refractivity (Wildman–Crippen MR) is 52.7 cm³/mol. The van der Waals surface area contributed by atoms with E-state index in [1.165, 1.54) is 0 Å². The highest BCUT2D eigenvalue weighted by Crippen LogP contribution is 2.16. The van der Waals surface area contributed by atoms with Crippen molar-refractivity contribution in [1.29, 1.82) is 0 Å². The Bertz CT molecular complexity index is 176. The zero-order chi connectivity index (χ0) is 9.73. The van der Waals surface area contributed by atoms with Gasteiger partial charge in [-0.05, 0) is 39.8 Å². The molecule has 0 spiro atoms. The zero-order valence-corrected chi connectivity index (χ0v) is 8.44. The Morgan fingerprint density at radius 1 is 1.46 bits per heavy atom. The van der Waals surface area contributed by atoms with Crippen molar-refractivity contribution in [3.05, 3.63) is 0 Å². The quantitative estimate of drug-likeness (QED) is 0.585. The molecule has 4 heteroatoms. The summed E-state index contributed by atoms with van der Waals surface area (Å²) in [5.41, 5.74) is -0.0233. The van der Waals surface area contributed by atoms with Crippen molar-refractivity contribution in [2.24, 2.45) is 0 Å². The van der Waals surface area contributed by atoms with Gasteiger partial charge >= 0.3 is 6.03 Å². The highest BCUT2D eigenvalue weighted by atomic mass is 16.2. The van der Waals surface area contributed by atoms with Crippen LogP contribution in [0.15, 0.2) is 0 Å². The number of piperidine rings is 1. The standard InChI is InChI=1S/C9H19N3O/c1-3-11-8(13)12-9(2)4-6-10-7-5-9/h10H,3-7H2,1-2H3,(H2,11,12,13). The number of nitrogens with one attached hydrogen (secondary N) is 3. The molecular formula is C9H19N3O. The average molecular weight is 185 g/mol. The number of hydrogen-bond donors (Lipinski definition) is 3. The van der Waals surface area contributed by atoms with Crippen molar-refractivity contribution in [1.82, 2.24) is 16.0 Å². The molecule has 0 aliphatic carbocycles. The minimum atomic E-state index is -0.0492. The summed E-state index contributed by atoms with van der Waals surface area (Å²) in [7, 11) is 0. The van der Waals surface area contributed by atoms with E-state index in [2.05, 4.69) is 22.9 Å². The van der Waals surface area contributed by atoms with Crippen LogP contribution in [0, 0.1) is 0 Å². The van der Waals surface area contributed by atoms with Crippen molar-refractivity contribution in [2.75, 3.05) is 19.6 Å². The van der Waals surface area contributed by atoms with E-state index in [0.29, 0.717) is 6.54 Å². The molecule has 1 aliphatic heterocycles. The van der Waals surface area contributed by atoms with Crippen molar-refractivity contribution in [3.8, 4) is 0 Å². The van der Waals surface area contributed by atoms with Crippen molar-refractivity contribution in [2.45, 2.75) is 32.2 Å². The second-order valence-electron chi connectivity index (χ2n) is 3.80. The maximum absolute atomic E-state index is 11.3. The van der Waals surface area contributed by atoms with E-state index in [1.807, 2.05) is 6.92 Å². The van der Waals surface area contributed by atoms with Crippen LogP contribution in [0.2, 0.25) is 0 Å². The van der Waals surface area contributed by atoms with Crippen LogP contribution >= 0.6 is 0 Å². The summed E-state index contributed by atoms with van der Waals surface area (Å²) in [4.78, 5) is 11.3. The summed E-state index contributed by atoms with van der Waals surface area (Å²) in [5, 5.41) is 9.03. The molecule has 0 atom stereocenters. The Kier molecular flexibility index (Phi) is 3.54. The molecule has 1 aliphatic rings. The lowest BCUT2D eigenvalue weighted by Gasteiger charge is -2.34. The van der Waals surface area contributed by atoms with Gasteiger partial charge in [0.2, 0.25) is 0 Å². The van der Waals surface area contributed by atoms with Crippen LogP contribution in [0.4, 0.5) is 4.79 Å². The van der Waals surface area contributed by atoms with Gasteiger partial charge in [0.15, 0.2) is 0 Å². The Hall–Kier alpha value is -0.770. The van der Waals surface area contributed by atoms with Gasteiger partial charge in [0.1, 0.15) is 0 Å². The topological polar surface area (TPSA) is 53.2 Å². The van der Waals surface area contributed by atoms with Crippen LogP contribution in [0.5, 0.6) is 0 Å². The molecule has 0 saturated carbocycles. The molecule has 0 aromatic rings. The summed E-state index contributed by atoms with van der Waals surface area (Å²) >= 11 is 0. The first-order chi connectivity index (χ1) is 6.16. The van der Waals surface area contributed by atoms with Gasteiger partial charge in [0, 0.05) is 12.1 Å². The lowest BCUT2D eigenvalue weighted by Crippen LogP contribution is -2.54. The van der Waals surface area contributed by atoms with Gasteiger partial charge in [-0.15, -0.1) is 0 Å². The van der Waals surface area contributed by atoms with Gasteiger partial charge in [0.05, 0.1) is 0 Å². The third kappa shape index (κ3) is 3.22. The Morgan fingerprint density at radius 3 is 2.62 bits per heavy atom. The fraction of sp³-hybridized carbons (Fsp3) is 0.889. The third-order valence-electron chi connectivity index (χ3n) is 2.46. The lowest BCUT2D eigenvalue weighted by molar-refractivity contribution is 0.215. The van der Waals surface area contributed by atoms with Crippen LogP contribution < -0.4 is 16.0 Å². The first kappa shape index (κ1) is 10.3. The molecule has 1 saturated heterocycles. The number of hydrogen-bond acceptors (Lipinski definition) is 2. The van der Waals surface area contributed by atoms with E-state index in [0.717, 1.165) is 25.9 Å². The minimum absolute atomic E-state index is 0.0233. The van der Waals surface area contributed by atoms with E-state index in [-0.39, 0.29) is 11.6 Å². The molecule has 0 aromatic heterocycles. The number of carbonyl (C=O) groups is 1. The molecular weight excluding hydrogens is 166 g/mol. The third-order valence-corrected chi connectivity index (χ3v) is 2.46. The van der Waals surface area contributed by atoms with E-state index in [1.54, 1.807) is 0 Å². The van der Waals surface area contributed by atoms with Gasteiger partial charge in [0.25, 0.3) is 0 Å². The van der Waals surface area contributed by atoms with Crippen LogP contribution in [0.3, 0.4) is 0 Å². The van der Waals surface area contributed by atoms with Gasteiger partial charge in [-0.25, -0.2) is 4.79 Å². The number of amides is 2. The van der Waals surface area contributed by atoms with Gasteiger partial charge in [-0.3, -0.25) is 0 Å². The van der Waals surface area contributed by atoms with Gasteiger partial charge < -0.3 is 16.0 Å². The number of carbonyl (C=O) groups excluding carboxylic acids is 1. The summed E-state index contributed by atoms with van der Waals surface area (Å²) in [5.74, 6) is 0. The molecule has 0 radical (unpaired) electrons. The van der Waals surface area contributed by atoms with E-state index < -0.39 is 0 Å². The monoisotopic (exact) mass is 185 g/mol. The second-order valence-corrected chi connectivity index (χ2v) is 3.80. The molecule has 3 N–H and O–H groups in total. The highest BCUT2D eigenvalue weighted by molar-refractivity contribution is 5.74. The largest absolute Gasteiger partial charge is 0.338 e. The van der Waals surface area contributed by atoms with Crippen LogP contribution in [0.1, 0.15) is 26.7 Å². The van der Waals surface area contributed by atoms with E-state index >= 15 is 0 Å². The Labute approximate surface area is 79.5 Å². The molecule has 4 nitrogen and oxygen atoms in total. The smallest absolute Gasteiger partial charge is 0.315 e. The van der Waals surface area contributed by atoms with Crippen LogP contribution in [0.25, 0.3) is 0 Å². The van der Waals surface area contributed by atoms with Gasteiger partial charge in [-0.2, -0.15) is 0 Å². The molecule has 1 heterocycles. The van der Waals surface area contributed by atoms with Crippen LogP contribution in [-0.4, -0.2) is 31.2 Å². The summed E-state index contributed by atoms with van der Waals surface area (Å²) < 4.78 is 0. The minimum Gasteiger partial charge on any atom is -0.338 e. The van der Waals surface area contributed by atoms with Gasteiger partial charge in [-0.1, -0.05) is 0 Å². The maximum Gasteiger partial charge on any atom is 0.315 e. The fourth-order valence-electron chi connectivity index (χ4n) is 1.58. The summed E-state index contributed by atoms with van der Waals surface area (Å²) in [6.07, 6.45) is 2.01. The molecule has 0 aromatic carbocycles.